The van der Waals surface area contributed by atoms with Crippen molar-refractivity contribution in [1.29, 1.82) is 0 Å². The van der Waals surface area contributed by atoms with Gasteiger partial charge in [0.05, 0.1) is 0 Å². The van der Waals surface area contributed by atoms with E-state index in [0.29, 0.717) is 11.6 Å². The highest BCUT2D eigenvalue weighted by Crippen LogP contribution is 2.25. The van der Waals surface area contributed by atoms with Crippen LogP contribution in [0.1, 0.15) is 31.2 Å². The number of carbonyl (C=O) groups excluding carboxylic acids is 1. The molecule has 0 aliphatic heterocycles. The van der Waals surface area contributed by atoms with Crippen LogP contribution in [0.5, 0.6) is 0 Å². The van der Waals surface area contributed by atoms with Crippen LogP contribution in [0, 0.1) is 5.92 Å². The number of nitrogens with zero attached hydrogens (tertiary/aromatic N) is 1. The quantitative estimate of drug-likeness (QED) is 0.925. The molecular formula is C15H21ClN2O. The van der Waals surface area contributed by atoms with Gasteiger partial charge in [0, 0.05) is 30.6 Å². The van der Waals surface area contributed by atoms with Gasteiger partial charge in [0.15, 0.2) is 0 Å². The van der Waals surface area contributed by atoms with Gasteiger partial charge in [-0.1, -0.05) is 29.8 Å². The van der Waals surface area contributed by atoms with Crippen LogP contribution in [0.25, 0.3) is 0 Å². The van der Waals surface area contributed by atoms with Crippen molar-refractivity contribution in [2.45, 2.75) is 38.3 Å². The van der Waals surface area contributed by atoms with Gasteiger partial charge >= 0.3 is 0 Å². The SMILES string of the molecule is CN(Cc1ccccc1Cl)C(=O)C1CCC(N)CC1. The minimum absolute atomic E-state index is 0.132. The largest absolute Gasteiger partial charge is 0.341 e. The number of hydrogen-bond acceptors (Lipinski definition) is 2. The summed E-state index contributed by atoms with van der Waals surface area (Å²) in [4.78, 5) is 14.1. The van der Waals surface area contributed by atoms with E-state index < -0.39 is 0 Å². The predicted molar refractivity (Wildman–Crippen MR) is 77.9 cm³/mol. The van der Waals surface area contributed by atoms with E-state index in [-0.39, 0.29) is 17.9 Å². The Morgan fingerprint density at radius 2 is 1.95 bits per heavy atom. The molecule has 0 saturated heterocycles. The standard InChI is InChI=1S/C15H21ClN2O/c1-18(10-12-4-2-3-5-14(12)16)15(19)11-6-8-13(17)9-7-11/h2-5,11,13H,6-10,17H2,1H3. The van der Waals surface area contributed by atoms with Crippen LogP contribution < -0.4 is 5.73 Å². The van der Waals surface area contributed by atoms with Crippen molar-refractivity contribution in [3.8, 4) is 0 Å². The Hall–Kier alpha value is -1.06. The molecule has 3 nitrogen and oxygen atoms in total. The Morgan fingerprint density at radius 1 is 1.32 bits per heavy atom. The lowest BCUT2D eigenvalue weighted by molar-refractivity contribution is -0.135. The van der Waals surface area contributed by atoms with E-state index in [9.17, 15) is 4.79 Å². The maximum Gasteiger partial charge on any atom is 0.225 e. The van der Waals surface area contributed by atoms with Crippen molar-refractivity contribution in [2.75, 3.05) is 7.05 Å². The van der Waals surface area contributed by atoms with E-state index in [1.807, 2.05) is 31.3 Å². The van der Waals surface area contributed by atoms with Crippen LogP contribution in [0.4, 0.5) is 0 Å². The van der Waals surface area contributed by atoms with Crippen LogP contribution >= 0.6 is 11.6 Å². The monoisotopic (exact) mass is 280 g/mol. The first-order valence-electron chi connectivity index (χ1n) is 6.82. The van der Waals surface area contributed by atoms with E-state index in [2.05, 4.69) is 0 Å². The molecule has 0 aromatic heterocycles. The van der Waals surface area contributed by atoms with E-state index >= 15 is 0 Å². The van der Waals surface area contributed by atoms with Crippen LogP contribution in [0.15, 0.2) is 24.3 Å². The molecule has 1 fully saturated rings. The lowest BCUT2D eigenvalue weighted by atomic mass is 9.85. The van der Waals surface area contributed by atoms with Gasteiger partial charge in [-0.15, -0.1) is 0 Å². The lowest BCUT2D eigenvalue weighted by Gasteiger charge is -2.29. The van der Waals surface area contributed by atoms with Crippen molar-refractivity contribution >= 4 is 17.5 Å². The molecule has 4 heteroatoms. The maximum atomic E-state index is 12.4. The van der Waals surface area contributed by atoms with E-state index in [1.54, 1.807) is 4.90 Å². The van der Waals surface area contributed by atoms with Gasteiger partial charge in [-0.3, -0.25) is 4.79 Å². The molecule has 1 aliphatic carbocycles. The number of benzene rings is 1. The molecule has 0 spiro atoms. The van der Waals surface area contributed by atoms with Crippen LogP contribution in [-0.2, 0) is 11.3 Å². The van der Waals surface area contributed by atoms with Crippen molar-refractivity contribution in [2.24, 2.45) is 11.7 Å². The average molecular weight is 281 g/mol. The zero-order valence-corrected chi connectivity index (χ0v) is 12.1. The zero-order chi connectivity index (χ0) is 13.8. The molecule has 0 radical (unpaired) electrons. The maximum absolute atomic E-state index is 12.4. The first kappa shape index (κ1) is 14.4. The van der Waals surface area contributed by atoms with E-state index in [0.717, 1.165) is 31.2 Å². The molecule has 19 heavy (non-hydrogen) atoms. The van der Waals surface area contributed by atoms with Crippen LogP contribution in [-0.4, -0.2) is 23.9 Å². The van der Waals surface area contributed by atoms with Crippen molar-refractivity contribution in [1.82, 2.24) is 4.90 Å². The Balaban J connectivity index is 1.94. The number of hydrogen-bond donors (Lipinski definition) is 1. The summed E-state index contributed by atoms with van der Waals surface area (Å²) in [5.74, 6) is 0.346. The molecular weight excluding hydrogens is 260 g/mol. The van der Waals surface area contributed by atoms with Crippen LogP contribution in [0.2, 0.25) is 5.02 Å². The predicted octanol–water partition coefficient (Wildman–Crippen LogP) is 2.82. The Labute approximate surface area is 119 Å². The average Bonchev–Trinajstić information content (AvgIpc) is 2.41. The van der Waals surface area contributed by atoms with Gasteiger partial charge in [-0.2, -0.15) is 0 Å². The molecule has 0 atom stereocenters. The van der Waals surface area contributed by atoms with Crippen molar-refractivity contribution < 1.29 is 4.79 Å². The third-order valence-electron chi connectivity index (χ3n) is 3.86. The Kier molecular flexibility index (Phi) is 4.83. The molecule has 0 unspecified atom stereocenters. The second-order valence-corrected chi connectivity index (χ2v) is 5.80. The summed E-state index contributed by atoms with van der Waals surface area (Å²) < 4.78 is 0. The minimum atomic E-state index is 0.132. The highest BCUT2D eigenvalue weighted by Gasteiger charge is 2.26. The second kappa shape index (κ2) is 6.40. The lowest BCUT2D eigenvalue weighted by Crippen LogP contribution is -2.37. The summed E-state index contributed by atoms with van der Waals surface area (Å²) in [6.07, 6.45) is 3.73. The molecule has 0 bridgehead atoms. The summed E-state index contributed by atoms with van der Waals surface area (Å²) in [6.45, 7) is 0.570. The fourth-order valence-corrected chi connectivity index (χ4v) is 2.83. The molecule has 1 aromatic rings. The normalized spacial score (nSPS) is 23.1. The molecule has 0 heterocycles. The van der Waals surface area contributed by atoms with Crippen molar-refractivity contribution in [3.63, 3.8) is 0 Å². The molecule has 1 saturated carbocycles. The highest BCUT2D eigenvalue weighted by molar-refractivity contribution is 6.31. The highest BCUT2D eigenvalue weighted by atomic mass is 35.5. The van der Waals surface area contributed by atoms with Gasteiger partial charge in [0.25, 0.3) is 0 Å². The number of halogens is 1. The van der Waals surface area contributed by atoms with Gasteiger partial charge in [0.1, 0.15) is 0 Å². The second-order valence-electron chi connectivity index (χ2n) is 5.40. The Bertz CT molecular complexity index is 442. The molecule has 2 N–H and O–H groups in total. The molecule has 1 aromatic carbocycles. The smallest absolute Gasteiger partial charge is 0.225 e. The summed E-state index contributed by atoms with van der Waals surface area (Å²) in [5.41, 5.74) is 6.87. The van der Waals surface area contributed by atoms with Crippen LogP contribution in [0.3, 0.4) is 0 Å². The van der Waals surface area contributed by atoms with E-state index in [1.165, 1.54) is 0 Å². The van der Waals surface area contributed by atoms with Gasteiger partial charge in [0.2, 0.25) is 5.91 Å². The fourth-order valence-electron chi connectivity index (χ4n) is 2.64. The topological polar surface area (TPSA) is 46.3 Å². The molecule has 1 amide bonds. The van der Waals surface area contributed by atoms with Gasteiger partial charge in [-0.25, -0.2) is 0 Å². The molecule has 1 aliphatic rings. The Morgan fingerprint density at radius 3 is 2.58 bits per heavy atom. The number of amides is 1. The minimum Gasteiger partial charge on any atom is -0.341 e. The summed E-state index contributed by atoms with van der Waals surface area (Å²) >= 11 is 6.12. The summed E-state index contributed by atoms with van der Waals surface area (Å²) in [7, 11) is 1.85. The number of carbonyl (C=O) groups is 1. The van der Waals surface area contributed by atoms with Gasteiger partial charge < -0.3 is 10.6 Å². The van der Waals surface area contributed by atoms with Gasteiger partial charge in [-0.05, 0) is 37.3 Å². The van der Waals surface area contributed by atoms with Crippen molar-refractivity contribution in [3.05, 3.63) is 34.9 Å². The first-order chi connectivity index (χ1) is 9.08. The third-order valence-corrected chi connectivity index (χ3v) is 4.23. The summed E-state index contributed by atoms with van der Waals surface area (Å²) in [6, 6.07) is 7.94. The number of rotatable bonds is 3. The molecule has 2 rings (SSSR count). The summed E-state index contributed by atoms with van der Waals surface area (Å²) in [5, 5.41) is 0.716. The molecule has 104 valence electrons. The third kappa shape index (κ3) is 3.71. The number of nitrogens with two attached hydrogens (primary N) is 1. The zero-order valence-electron chi connectivity index (χ0n) is 11.3. The van der Waals surface area contributed by atoms with E-state index in [4.69, 9.17) is 17.3 Å². The fraction of sp³-hybridized carbons (Fsp3) is 0.533. The first-order valence-corrected chi connectivity index (χ1v) is 7.19.